The second-order valence-electron chi connectivity index (χ2n) is 5.04. The number of likely N-dealkylation sites (N-methyl/N-ethyl adjacent to an activating group) is 1. The molecule has 0 aromatic heterocycles. The van der Waals surface area contributed by atoms with Gasteiger partial charge < -0.3 is 10.2 Å². The van der Waals surface area contributed by atoms with Gasteiger partial charge in [-0.3, -0.25) is 0 Å². The summed E-state index contributed by atoms with van der Waals surface area (Å²) in [4.78, 5) is 2.28. The maximum absolute atomic E-state index is 3.65. The Bertz CT molecular complexity index is 134. The maximum atomic E-state index is 3.65. The average molecular weight is 214 g/mol. The van der Waals surface area contributed by atoms with Gasteiger partial charge in [-0.2, -0.15) is 0 Å². The summed E-state index contributed by atoms with van der Waals surface area (Å²) in [6, 6.07) is 0.668. The second kappa shape index (κ2) is 9.17. The van der Waals surface area contributed by atoms with Crippen LogP contribution in [0.2, 0.25) is 0 Å². The minimum atomic E-state index is 0.668. The molecule has 0 aliphatic rings. The van der Waals surface area contributed by atoms with Gasteiger partial charge in [0.1, 0.15) is 0 Å². The Morgan fingerprint density at radius 2 is 1.80 bits per heavy atom. The Kier molecular flexibility index (Phi) is 9.12. The van der Waals surface area contributed by atoms with Crippen molar-refractivity contribution < 1.29 is 0 Å². The SMILES string of the molecule is CCCNC(CC(C)CCC)CN(C)C. The van der Waals surface area contributed by atoms with E-state index < -0.39 is 0 Å². The lowest BCUT2D eigenvalue weighted by molar-refractivity contribution is 0.295. The van der Waals surface area contributed by atoms with Crippen LogP contribution in [-0.4, -0.2) is 38.1 Å². The van der Waals surface area contributed by atoms with Crippen LogP contribution in [0, 0.1) is 5.92 Å². The van der Waals surface area contributed by atoms with Crippen molar-refractivity contribution in [1.29, 1.82) is 0 Å². The fourth-order valence-corrected chi connectivity index (χ4v) is 2.11. The highest BCUT2D eigenvalue weighted by molar-refractivity contribution is 4.72. The Labute approximate surface area is 96.4 Å². The Morgan fingerprint density at radius 3 is 2.27 bits per heavy atom. The van der Waals surface area contributed by atoms with Crippen LogP contribution in [0.5, 0.6) is 0 Å². The van der Waals surface area contributed by atoms with Crippen molar-refractivity contribution >= 4 is 0 Å². The summed E-state index contributed by atoms with van der Waals surface area (Å²) in [5, 5.41) is 3.65. The molecule has 0 heterocycles. The van der Waals surface area contributed by atoms with Gasteiger partial charge >= 0.3 is 0 Å². The third kappa shape index (κ3) is 8.88. The van der Waals surface area contributed by atoms with Crippen molar-refractivity contribution in [2.24, 2.45) is 5.92 Å². The molecule has 0 aliphatic heterocycles. The van der Waals surface area contributed by atoms with Crippen LogP contribution < -0.4 is 5.32 Å². The van der Waals surface area contributed by atoms with E-state index in [9.17, 15) is 0 Å². The summed E-state index contributed by atoms with van der Waals surface area (Å²) in [6.07, 6.45) is 5.21. The third-order valence-corrected chi connectivity index (χ3v) is 2.74. The van der Waals surface area contributed by atoms with E-state index >= 15 is 0 Å². The first-order valence-corrected chi connectivity index (χ1v) is 6.48. The van der Waals surface area contributed by atoms with Crippen molar-refractivity contribution in [2.45, 2.75) is 52.5 Å². The minimum absolute atomic E-state index is 0.668. The predicted molar refractivity (Wildman–Crippen MR) is 69.3 cm³/mol. The quantitative estimate of drug-likeness (QED) is 0.635. The fraction of sp³-hybridized carbons (Fsp3) is 1.00. The van der Waals surface area contributed by atoms with E-state index in [1.807, 2.05) is 0 Å². The molecule has 0 saturated heterocycles. The van der Waals surface area contributed by atoms with Crippen LogP contribution in [-0.2, 0) is 0 Å². The van der Waals surface area contributed by atoms with E-state index in [1.54, 1.807) is 0 Å². The topological polar surface area (TPSA) is 15.3 Å². The van der Waals surface area contributed by atoms with Crippen LogP contribution in [0.3, 0.4) is 0 Å². The molecule has 0 fully saturated rings. The van der Waals surface area contributed by atoms with Crippen LogP contribution in [0.4, 0.5) is 0 Å². The highest BCUT2D eigenvalue weighted by atomic mass is 15.1. The Balaban J connectivity index is 3.87. The van der Waals surface area contributed by atoms with Gasteiger partial charge in [0, 0.05) is 12.6 Å². The van der Waals surface area contributed by atoms with Gasteiger partial charge in [0.2, 0.25) is 0 Å². The average Bonchev–Trinajstić information content (AvgIpc) is 2.13. The molecule has 0 aromatic rings. The number of rotatable bonds is 9. The predicted octanol–water partition coefficient (Wildman–Crippen LogP) is 2.74. The van der Waals surface area contributed by atoms with Gasteiger partial charge in [0.05, 0.1) is 0 Å². The first-order chi connectivity index (χ1) is 7.10. The van der Waals surface area contributed by atoms with Crippen molar-refractivity contribution in [3.05, 3.63) is 0 Å². The van der Waals surface area contributed by atoms with Crippen LogP contribution >= 0.6 is 0 Å². The van der Waals surface area contributed by atoms with Gasteiger partial charge in [0.15, 0.2) is 0 Å². The number of nitrogens with zero attached hydrogens (tertiary/aromatic N) is 1. The van der Waals surface area contributed by atoms with E-state index in [0.29, 0.717) is 6.04 Å². The molecular formula is C13H30N2. The smallest absolute Gasteiger partial charge is 0.0197 e. The van der Waals surface area contributed by atoms with E-state index in [-0.39, 0.29) is 0 Å². The zero-order valence-electron chi connectivity index (χ0n) is 11.3. The van der Waals surface area contributed by atoms with Gasteiger partial charge in [-0.05, 0) is 39.4 Å². The third-order valence-electron chi connectivity index (χ3n) is 2.74. The first kappa shape index (κ1) is 14.9. The molecule has 0 aromatic carbocycles. The van der Waals surface area contributed by atoms with Crippen LogP contribution in [0.15, 0.2) is 0 Å². The standard InChI is InChI=1S/C13H30N2/c1-6-8-12(3)10-13(11-15(4)5)14-9-7-2/h12-14H,6-11H2,1-5H3. The molecule has 1 N–H and O–H groups in total. The molecular weight excluding hydrogens is 184 g/mol. The minimum Gasteiger partial charge on any atom is -0.313 e. The number of nitrogens with one attached hydrogen (secondary N) is 1. The fourth-order valence-electron chi connectivity index (χ4n) is 2.11. The Hall–Kier alpha value is -0.0800. The molecule has 2 nitrogen and oxygen atoms in total. The summed E-state index contributed by atoms with van der Waals surface area (Å²) in [7, 11) is 4.32. The summed E-state index contributed by atoms with van der Waals surface area (Å²) >= 11 is 0. The molecule has 0 bridgehead atoms. The molecule has 0 rings (SSSR count). The lowest BCUT2D eigenvalue weighted by Crippen LogP contribution is -2.39. The van der Waals surface area contributed by atoms with E-state index in [4.69, 9.17) is 0 Å². The molecule has 0 saturated carbocycles. The maximum Gasteiger partial charge on any atom is 0.0197 e. The van der Waals surface area contributed by atoms with Gasteiger partial charge in [-0.15, -0.1) is 0 Å². The molecule has 15 heavy (non-hydrogen) atoms. The lowest BCUT2D eigenvalue weighted by atomic mass is 9.97. The van der Waals surface area contributed by atoms with Gasteiger partial charge in [-0.1, -0.05) is 33.6 Å². The molecule has 2 unspecified atom stereocenters. The summed E-state index contributed by atoms with van der Waals surface area (Å²) in [5.41, 5.74) is 0. The summed E-state index contributed by atoms with van der Waals surface area (Å²) in [5.74, 6) is 0.851. The van der Waals surface area contributed by atoms with Crippen LogP contribution in [0.25, 0.3) is 0 Å². The number of hydrogen-bond acceptors (Lipinski definition) is 2. The second-order valence-corrected chi connectivity index (χ2v) is 5.04. The van der Waals surface area contributed by atoms with E-state index in [0.717, 1.165) is 19.0 Å². The summed E-state index contributed by atoms with van der Waals surface area (Å²) in [6.45, 7) is 9.19. The highest BCUT2D eigenvalue weighted by Gasteiger charge is 2.12. The molecule has 0 amide bonds. The molecule has 0 radical (unpaired) electrons. The zero-order chi connectivity index (χ0) is 11.7. The van der Waals surface area contributed by atoms with E-state index in [2.05, 4.69) is 45.1 Å². The normalized spacial score (nSPS) is 15.6. The zero-order valence-corrected chi connectivity index (χ0v) is 11.3. The molecule has 92 valence electrons. The number of hydrogen-bond donors (Lipinski definition) is 1. The Morgan fingerprint density at radius 1 is 1.13 bits per heavy atom. The van der Waals surface area contributed by atoms with Crippen LogP contribution in [0.1, 0.15) is 46.5 Å². The van der Waals surface area contributed by atoms with Gasteiger partial charge in [-0.25, -0.2) is 0 Å². The molecule has 2 heteroatoms. The van der Waals surface area contributed by atoms with Crippen molar-refractivity contribution in [2.75, 3.05) is 27.2 Å². The largest absolute Gasteiger partial charge is 0.313 e. The van der Waals surface area contributed by atoms with Gasteiger partial charge in [0.25, 0.3) is 0 Å². The molecule has 2 atom stereocenters. The molecule has 0 aliphatic carbocycles. The van der Waals surface area contributed by atoms with Crippen molar-refractivity contribution in [3.63, 3.8) is 0 Å². The highest BCUT2D eigenvalue weighted by Crippen LogP contribution is 2.13. The monoisotopic (exact) mass is 214 g/mol. The van der Waals surface area contributed by atoms with E-state index in [1.165, 1.54) is 25.7 Å². The lowest BCUT2D eigenvalue weighted by Gasteiger charge is -2.25. The molecule has 0 spiro atoms. The van der Waals surface area contributed by atoms with Crippen molar-refractivity contribution in [1.82, 2.24) is 10.2 Å². The summed E-state index contributed by atoms with van der Waals surface area (Å²) < 4.78 is 0. The van der Waals surface area contributed by atoms with Crippen molar-refractivity contribution in [3.8, 4) is 0 Å². The first-order valence-electron chi connectivity index (χ1n) is 6.48.